The van der Waals surface area contributed by atoms with E-state index in [0.29, 0.717) is 16.3 Å². The Morgan fingerprint density at radius 3 is 2.19 bits per heavy atom. The summed E-state index contributed by atoms with van der Waals surface area (Å²) in [4.78, 5) is 12.5. The van der Waals surface area contributed by atoms with Gasteiger partial charge in [0.1, 0.15) is 5.69 Å². The van der Waals surface area contributed by atoms with E-state index in [1.54, 1.807) is 14.0 Å². The van der Waals surface area contributed by atoms with Gasteiger partial charge in [-0.1, -0.05) is 25.4 Å². The van der Waals surface area contributed by atoms with Crippen molar-refractivity contribution in [3.63, 3.8) is 0 Å². The van der Waals surface area contributed by atoms with Gasteiger partial charge < -0.3 is 5.11 Å². The lowest BCUT2D eigenvalue weighted by Crippen LogP contribution is -2.23. The number of rotatable bonds is 3. The van der Waals surface area contributed by atoms with Crippen molar-refractivity contribution in [3.05, 3.63) is 44.3 Å². The molecule has 0 saturated carbocycles. The summed E-state index contributed by atoms with van der Waals surface area (Å²) in [6.07, 6.45) is 1.46. The molecule has 1 N–H and O–H groups in total. The molecule has 4 nitrogen and oxygen atoms in total. The summed E-state index contributed by atoms with van der Waals surface area (Å²) in [5, 5.41) is 15.0. The molecule has 21 heavy (non-hydrogen) atoms. The summed E-state index contributed by atoms with van der Waals surface area (Å²) < 4.78 is 1.26. The lowest BCUT2D eigenvalue weighted by Gasteiger charge is -2.16. The van der Waals surface area contributed by atoms with E-state index >= 15 is 0 Å². The monoisotopic (exact) mass is 306 g/mol. The van der Waals surface area contributed by atoms with Gasteiger partial charge in [-0.2, -0.15) is 5.10 Å². The maximum atomic E-state index is 12.5. The van der Waals surface area contributed by atoms with Crippen molar-refractivity contribution in [1.82, 2.24) is 9.78 Å². The molecule has 1 aromatic heterocycles. The van der Waals surface area contributed by atoms with Crippen LogP contribution in [-0.4, -0.2) is 14.9 Å². The molecule has 0 aliphatic carbocycles. The topological polar surface area (TPSA) is 55.1 Å². The first kappa shape index (κ1) is 15.6. The maximum Gasteiger partial charge on any atom is 0.278 e. The van der Waals surface area contributed by atoms with E-state index < -0.39 is 0 Å². The average Bonchev–Trinajstić information content (AvgIpc) is 2.46. The van der Waals surface area contributed by atoms with Crippen molar-refractivity contribution in [1.29, 1.82) is 0 Å². The fourth-order valence-electron chi connectivity index (χ4n) is 2.59. The molecule has 2 aromatic rings. The van der Waals surface area contributed by atoms with Crippen LogP contribution in [0.5, 0.6) is 5.75 Å². The highest BCUT2D eigenvalue weighted by molar-refractivity contribution is 6.30. The third-order valence-electron chi connectivity index (χ3n) is 3.67. The Morgan fingerprint density at radius 2 is 1.71 bits per heavy atom. The maximum absolute atomic E-state index is 12.5. The minimum Gasteiger partial charge on any atom is -0.505 e. The van der Waals surface area contributed by atoms with E-state index in [4.69, 9.17) is 11.6 Å². The van der Waals surface area contributed by atoms with Crippen LogP contribution in [0.15, 0.2) is 16.9 Å². The van der Waals surface area contributed by atoms with Crippen molar-refractivity contribution in [2.24, 2.45) is 7.05 Å². The Labute approximate surface area is 129 Å². The highest BCUT2D eigenvalue weighted by Crippen LogP contribution is 2.35. The Bertz CT molecular complexity index is 726. The lowest BCUT2D eigenvalue weighted by atomic mass is 9.92. The summed E-state index contributed by atoms with van der Waals surface area (Å²) in [5.74, 6) is -0.0511. The fourth-order valence-corrected chi connectivity index (χ4v) is 2.85. The standard InChI is InChI=1S/C16H19ClN2O2/c1-5-10-7-12(17)8-11(6-2)13(10)14-15(20)9(3)18-19(4)16(14)21/h7-8,20H,5-6H2,1-4H3. The number of hydrogen-bond donors (Lipinski definition) is 1. The Kier molecular flexibility index (Phi) is 4.37. The summed E-state index contributed by atoms with van der Waals surface area (Å²) in [7, 11) is 1.59. The number of halogens is 1. The smallest absolute Gasteiger partial charge is 0.278 e. The molecule has 112 valence electrons. The molecular formula is C16H19ClN2O2. The molecule has 0 unspecified atom stereocenters. The predicted octanol–water partition coefficient (Wildman–Crippen LogP) is 3.24. The second-order valence-electron chi connectivity index (χ2n) is 5.04. The third-order valence-corrected chi connectivity index (χ3v) is 3.88. The molecule has 5 heteroatoms. The van der Waals surface area contributed by atoms with Gasteiger partial charge in [0.05, 0.1) is 5.56 Å². The molecule has 0 bridgehead atoms. The molecule has 0 fully saturated rings. The van der Waals surface area contributed by atoms with E-state index in [0.717, 1.165) is 29.5 Å². The van der Waals surface area contributed by atoms with E-state index in [2.05, 4.69) is 5.10 Å². The average molecular weight is 307 g/mol. The van der Waals surface area contributed by atoms with Crippen LogP contribution in [0, 0.1) is 6.92 Å². The first-order valence-electron chi connectivity index (χ1n) is 6.99. The van der Waals surface area contributed by atoms with Crippen LogP contribution in [-0.2, 0) is 19.9 Å². The van der Waals surface area contributed by atoms with Gasteiger partial charge in [0.25, 0.3) is 5.56 Å². The minimum absolute atomic E-state index is 0.0511. The number of aromatic hydroxyl groups is 1. The zero-order chi connectivity index (χ0) is 15.7. The molecule has 0 atom stereocenters. The second-order valence-corrected chi connectivity index (χ2v) is 5.48. The van der Waals surface area contributed by atoms with Crippen molar-refractivity contribution < 1.29 is 5.11 Å². The first-order valence-corrected chi connectivity index (χ1v) is 7.37. The van der Waals surface area contributed by atoms with Crippen LogP contribution >= 0.6 is 11.6 Å². The van der Waals surface area contributed by atoms with Gasteiger partial charge in [0.15, 0.2) is 5.75 Å². The summed E-state index contributed by atoms with van der Waals surface area (Å²) >= 11 is 6.15. The van der Waals surface area contributed by atoms with Crippen LogP contribution in [0.1, 0.15) is 30.7 Å². The molecule has 1 heterocycles. The largest absolute Gasteiger partial charge is 0.505 e. The number of nitrogens with zero attached hydrogens (tertiary/aromatic N) is 2. The highest BCUT2D eigenvalue weighted by atomic mass is 35.5. The summed E-state index contributed by atoms with van der Waals surface area (Å²) in [6, 6.07) is 3.70. The summed E-state index contributed by atoms with van der Waals surface area (Å²) in [5.41, 5.74) is 3.15. The number of aryl methyl sites for hydroxylation is 4. The molecule has 0 aliphatic rings. The molecule has 0 amide bonds. The van der Waals surface area contributed by atoms with Crippen LogP contribution in [0.3, 0.4) is 0 Å². The van der Waals surface area contributed by atoms with Gasteiger partial charge >= 0.3 is 0 Å². The van der Waals surface area contributed by atoms with Gasteiger partial charge in [-0.3, -0.25) is 4.79 Å². The molecule has 2 rings (SSSR count). The van der Waals surface area contributed by atoms with Crippen molar-refractivity contribution in [3.8, 4) is 16.9 Å². The van der Waals surface area contributed by atoms with Crippen molar-refractivity contribution in [2.75, 3.05) is 0 Å². The lowest BCUT2D eigenvalue weighted by molar-refractivity contribution is 0.460. The van der Waals surface area contributed by atoms with Crippen LogP contribution in [0.25, 0.3) is 11.1 Å². The molecule has 0 spiro atoms. The second kappa shape index (κ2) is 5.90. The first-order chi connectivity index (χ1) is 9.90. The van der Waals surface area contributed by atoms with Crippen LogP contribution in [0.2, 0.25) is 5.02 Å². The highest BCUT2D eigenvalue weighted by Gasteiger charge is 2.20. The molecule has 1 aromatic carbocycles. The Hall–Kier alpha value is -1.81. The Balaban J connectivity index is 2.94. The SMILES string of the molecule is CCc1cc(Cl)cc(CC)c1-c1c(O)c(C)nn(C)c1=O. The normalized spacial score (nSPS) is 10.9. The van der Waals surface area contributed by atoms with Crippen LogP contribution in [0.4, 0.5) is 0 Å². The van der Waals surface area contributed by atoms with Gasteiger partial charge in [-0.15, -0.1) is 0 Å². The fraction of sp³-hybridized carbons (Fsp3) is 0.375. The quantitative estimate of drug-likeness (QED) is 0.947. The van der Waals surface area contributed by atoms with E-state index in [1.807, 2.05) is 26.0 Å². The van der Waals surface area contributed by atoms with Gasteiger partial charge in [-0.25, -0.2) is 4.68 Å². The zero-order valence-corrected chi connectivity index (χ0v) is 13.5. The van der Waals surface area contributed by atoms with Crippen molar-refractivity contribution >= 4 is 11.6 Å². The Morgan fingerprint density at radius 1 is 1.19 bits per heavy atom. The van der Waals surface area contributed by atoms with E-state index in [1.165, 1.54) is 4.68 Å². The molecule has 0 saturated heterocycles. The number of hydrogen-bond acceptors (Lipinski definition) is 3. The van der Waals surface area contributed by atoms with Crippen LogP contribution < -0.4 is 5.56 Å². The molecule has 0 radical (unpaired) electrons. The number of aromatic nitrogens is 2. The third kappa shape index (κ3) is 2.68. The predicted molar refractivity (Wildman–Crippen MR) is 85.1 cm³/mol. The minimum atomic E-state index is -0.301. The molecular weight excluding hydrogens is 288 g/mol. The van der Waals surface area contributed by atoms with Gasteiger partial charge in [0, 0.05) is 12.1 Å². The van der Waals surface area contributed by atoms with Gasteiger partial charge in [0.2, 0.25) is 0 Å². The molecule has 0 aliphatic heterocycles. The van der Waals surface area contributed by atoms with E-state index in [9.17, 15) is 9.90 Å². The zero-order valence-electron chi connectivity index (χ0n) is 12.7. The summed E-state index contributed by atoms with van der Waals surface area (Å²) in [6.45, 7) is 5.69. The van der Waals surface area contributed by atoms with Crippen molar-refractivity contribution in [2.45, 2.75) is 33.6 Å². The number of benzene rings is 1. The van der Waals surface area contributed by atoms with Gasteiger partial charge in [-0.05, 0) is 48.6 Å². The van der Waals surface area contributed by atoms with E-state index in [-0.39, 0.29) is 11.3 Å².